The van der Waals surface area contributed by atoms with E-state index in [9.17, 15) is 4.79 Å². The first-order valence-electron chi connectivity index (χ1n) is 9.46. The minimum Gasteiger partial charge on any atom is -0.497 e. The van der Waals surface area contributed by atoms with Gasteiger partial charge in [0.25, 0.3) is 0 Å². The third-order valence-electron chi connectivity index (χ3n) is 4.86. The summed E-state index contributed by atoms with van der Waals surface area (Å²) >= 11 is 0. The highest BCUT2D eigenvalue weighted by molar-refractivity contribution is 5.75. The molecule has 2 aromatic carbocycles. The zero-order valence-corrected chi connectivity index (χ0v) is 16.7. The Morgan fingerprint density at radius 3 is 3.00 bits per heavy atom. The van der Waals surface area contributed by atoms with E-state index in [2.05, 4.69) is 28.4 Å². The van der Waals surface area contributed by atoms with Crippen molar-refractivity contribution in [3.05, 3.63) is 53.6 Å². The fraction of sp³-hybridized carbons (Fsp3) is 0.333. The summed E-state index contributed by atoms with van der Waals surface area (Å²) in [7, 11) is 3.38. The summed E-state index contributed by atoms with van der Waals surface area (Å²) in [6, 6.07) is 13.5. The van der Waals surface area contributed by atoms with Crippen LogP contribution in [0.25, 0.3) is 11.4 Å². The van der Waals surface area contributed by atoms with Gasteiger partial charge in [0.15, 0.2) is 0 Å². The van der Waals surface area contributed by atoms with Crippen LogP contribution < -0.4 is 9.47 Å². The van der Waals surface area contributed by atoms with Crippen molar-refractivity contribution >= 4 is 5.91 Å². The van der Waals surface area contributed by atoms with Gasteiger partial charge in [0.2, 0.25) is 11.7 Å². The van der Waals surface area contributed by atoms with Gasteiger partial charge in [-0.1, -0.05) is 24.3 Å². The number of hydrogen-bond acceptors (Lipinski definition) is 6. The maximum absolute atomic E-state index is 12.6. The van der Waals surface area contributed by atoms with E-state index >= 15 is 0 Å². The number of amides is 1. The van der Waals surface area contributed by atoms with Crippen LogP contribution in [-0.4, -0.2) is 51.3 Å². The second-order valence-corrected chi connectivity index (χ2v) is 7.20. The molecule has 0 N–H and O–H groups in total. The second kappa shape index (κ2) is 7.90. The third-order valence-corrected chi connectivity index (χ3v) is 4.86. The molecule has 150 valence electrons. The number of carbonyl (C=O) groups is 1. The summed E-state index contributed by atoms with van der Waals surface area (Å²) in [5.74, 6) is 2.01. The van der Waals surface area contributed by atoms with Gasteiger partial charge < -0.3 is 14.4 Å². The van der Waals surface area contributed by atoms with Crippen molar-refractivity contribution in [1.29, 1.82) is 0 Å². The van der Waals surface area contributed by atoms with Gasteiger partial charge in [-0.2, -0.15) is 4.80 Å². The fourth-order valence-corrected chi connectivity index (χ4v) is 3.37. The van der Waals surface area contributed by atoms with Crippen molar-refractivity contribution in [3.8, 4) is 22.9 Å². The molecule has 0 radical (unpaired) electrons. The number of methoxy groups -OCH3 is 1. The van der Waals surface area contributed by atoms with Crippen LogP contribution in [-0.2, 0) is 24.3 Å². The van der Waals surface area contributed by atoms with E-state index in [0.717, 1.165) is 23.3 Å². The Morgan fingerprint density at radius 1 is 1.31 bits per heavy atom. The molecule has 3 aromatic rings. The number of nitrogens with zero attached hydrogens (tertiary/aromatic N) is 5. The number of tetrazole rings is 1. The minimum absolute atomic E-state index is 0.0263. The molecule has 0 aliphatic carbocycles. The minimum atomic E-state index is -0.0929. The van der Waals surface area contributed by atoms with Crippen molar-refractivity contribution in [3.63, 3.8) is 0 Å². The SMILES string of the molecule is COc1cccc(-c2nnn(CC(=O)N(C)Cc3ccc4c(c3)CC(C)O4)n2)c1. The van der Waals surface area contributed by atoms with Crippen LogP contribution in [0.2, 0.25) is 0 Å². The molecule has 1 aromatic heterocycles. The highest BCUT2D eigenvalue weighted by Crippen LogP contribution is 2.29. The maximum Gasteiger partial charge on any atom is 0.246 e. The van der Waals surface area contributed by atoms with Crippen LogP contribution in [0.5, 0.6) is 11.5 Å². The average Bonchev–Trinajstić information content (AvgIpc) is 3.33. The number of fused-ring (bicyclic) bond motifs is 1. The quantitative estimate of drug-likeness (QED) is 0.639. The number of hydrogen-bond donors (Lipinski definition) is 0. The molecular weight excluding hydrogens is 370 g/mol. The predicted molar refractivity (Wildman–Crippen MR) is 107 cm³/mol. The molecule has 4 rings (SSSR count). The molecule has 8 nitrogen and oxygen atoms in total. The number of aromatic nitrogens is 4. The van der Waals surface area contributed by atoms with E-state index in [-0.39, 0.29) is 18.6 Å². The average molecular weight is 393 g/mol. The highest BCUT2D eigenvalue weighted by Gasteiger charge is 2.20. The van der Waals surface area contributed by atoms with Gasteiger partial charge in [-0.3, -0.25) is 4.79 Å². The van der Waals surface area contributed by atoms with Crippen molar-refractivity contribution < 1.29 is 14.3 Å². The molecule has 29 heavy (non-hydrogen) atoms. The van der Waals surface area contributed by atoms with Gasteiger partial charge in [-0.15, -0.1) is 10.2 Å². The molecule has 1 atom stereocenters. The van der Waals surface area contributed by atoms with E-state index in [1.807, 2.05) is 36.4 Å². The monoisotopic (exact) mass is 393 g/mol. The molecule has 1 aliphatic rings. The van der Waals surface area contributed by atoms with Gasteiger partial charge in [-0.05, 0) is 41.5 Å². The molecule has 0 saturated carbocycles. The van der Waals surface area contributed by atoms with Crippen LogP contribution in [0.4, 0.5) is 0 Å². The highest BCUT2D eigenvalue weighted by atomic mass is 16.5. The Labute approximate surface area is 169 Å². The molecule has 0 saturated heterocycles. The number of carbonyl (C=O) groups excluding carboxylic acids is 1. The Hall–Kier alpha value is -3.42. The molecule has 1 amide bonds. The summed E-state index contributed by atoms with van der Waals surface area (Å²) < 4.78 is 10.9. The van der Waals surface area contributed by atoms with Gasteiger partial charge in [0.1, 0.15) is 24.1 Å². The lowest BCUT2D eigenvalue weighted by Crippen LogP contribution is -2.30. The second-order valence-electron chi connectivity index (χ2n) is 7.20. The van der Waals surface area contributed by atoms with Gasteiger partial charge >= 0.3 is 0 Å². The number of ether oxygens (including phenoxy) is 2. The predicted octanol–water partition coefficient (Wildman–Crippen LogP) is 2.33. The van der Waals surface area contributed by atoms with E-state index < -0.39 is 0 Å². The normalized spacial score (nSPS) is 14.9. The maximum atomic E-state index is 12.6. The van der Waals surface area contributed by atoms with Crippen LogP contribution in [0.15, 0.2) is 42.5 Å². The first kappa shape index (κ1) is 18.9. The summed E-state index contributed by atoms with van der Waals surface area (Å²) in [6.45, 7) is 2.59. The number of rotatable bonds is 6. The Balaban J connectivity index is 1.39. The van der Waals surface area contributed by atoms with Crippen LogP contribution in [0.1, 0.15) is 18.1 Å². The third kappa shape index (κ3) is 4.21. The van der Waals surface area contributed by atoms with E-state index in [1.54, 1.807) is 19.1 Å². The number of benzene rings is 2. The first-order valence-corrected chi connectivity index (χ1v) is 9.46. The summed E-state index contributed by atoms with van der Waals surface area (Å²) in [5.41, 5.74) is 3.05. The van der Waals surface area contributed by atoms with E-state index in [0.29, 0.717) is 18.1 Å². The van der Waals surface area contributed by atoms with E-state index in [1.165, 1.54) is 10.4 Å². The topological polar surface area (TPSA) is 82.4 Å². The summed E-state index contributed by atoms with van der Waals surface area (Å²) in [6.07, 6.45) is 1.10. The van der Waals surface area contributed by atoms with Gasteiger partial charge in [0, 0.05) is 25.6 Å². The first-order chi connectivity index (χ1) is 14.0. The smallest absolute Gasteiger partial charge is 0.246 e. The Morgan fingerprint density at radius 2 is 2.17 bits per heavy atom. The van der Waals surface area contributed by atoms with Crippen LogP contribution in [0.3, 0.4) is 0 Å². The van der Waals surface area contributed by atoms with Crippen molar-refractivity contribution in [2.24, 2.45) is 0 Å². The molecule has 1 unspecified atom stereocenters. The molecule has 0 fully saturated rings. The standard InChI is InChI=1S/C21H23N5O3/c1-14-9-17-10-15(7-8-19(17)29-14)12-25(2)20(27)13-26-23-21(22-24-26)16-5-4-6-18(11-16)28-3/h4-8,10-11,14H,9,12-13H2,1-3H3. The molecule has 0 bridgehead atoms. The summed E-state index contributed by atoms with van der Waals surface area (Å²) in [4.78, 5) is 15.6. The van der Waals surface area contributed by atoms with Gasteiger partial charge in [0.05, 0.1) is 7.11 Å². The lowest BCUT2D eigenvalue weighted by Gasteiger charge is -2.17. The van der Waals surface area contributed by atoms with Crippen LogP contribution >= 0.6 is 0 Å². The van der Waals surface area contributed by atoms with Crippen molar-refractivity contribution in [1.82, 2.24) is 25.1 Å². The summed E-state index contributed by atoms with van der Waals surface area (Å²) in [5, 5.41) is 12.4. The van der Waals surface area contributed by atoms with Gasteiger partial charge in [-0.25, -0.2) is 0 Å². The molecule has 0 spiro atoms. The Bertz CT molecular complexity index is 1030. The van der Waals surface area contributed by atoms with Crippen molar-refractivity contribution in [2.75, 3.05) is 14.2 Å². The zero-order chi connectivity index (χ0) is 20.4. The number of likely N-dealkylation sites (N-methyl/N-ethyl adjacent to an activating group) is 1. The van der Waals surface area contributed by atoms with Crippen molar-refractivity contribution in [2.45, 2.75) is 32.5 Å². The molecule has 2 heterocycles. The molecular formula is C21H23N5O3. The molecule has 1 aliphatic heterocycles. The fourth-order valence-electron chi connectivity index (χ4n) is 3.37. The Kier molecular flexibility index (Phi) is 5.16. The van der Waals surface area contributed by atoms with Crippen LogP contribution in [0, 0.1) is 0 Å². The lowest BCUT2D eigenvalue weighted by atomic mass is 10.1. The zero-order valence-electron chi connectivity index (χ0n) is 16.7. The lowest BCUT2D eigenvalue weighted by molar-refractivity contribution is -0.131. The van der Waals surface area contributed by atoms with E-state index in [4.69, 9.17) is 9.47 Å². The largest absolute Gasteiger partial charge is 0.497 e. The molecule has 8 heteroatoms.